The second-order valence-corrected chi connectivity index (χ2v) is 7.45. The molecule has 0 aliphatic rings. The molecule has 16 heavy (non-hydrogen) atoms. The largest absolute Gasteiger partial charge is 0.383 e. The third-order valence-electron chi connectivity index (χ3n) is 2.27. The fourth-order valence-corrected chi connectivity index (χ4v) is 2.66. The summed E-state index contributed by atoms with van der Waals surface area (Å²) in [7, 11) is -3.45. The Hall–Kier alpha value is -1.04. The smallest absolute Gasteiger partial charge is 0.244 e. The zero-order valence-electron chi connectivity index (χ0n) is 10.4. The average Bonchev–Trinajstić information content (AvgIpc) is 2.46. The zero-order chi connectivity index (χ0) is 12.7. The van der Waals surface area contributed by atoms with Crippen LogP contribution >= 0.6 is 0 Å². The molecular formula is C10H19N3O2S. The van der Waals surface area contributed by atoms with Gasteiger partial charge in [0.25, 0.3) is 0 Å². The molecule has 6 heteroatoms. The van der Waals surface area contributed by atoms with E-state index in [0.29, 0.717) is 5.82 Å². The predicted octanol–water partition coefficient (Wildman–Crippen LogP) is 1.35. The summed E-state index contributed by atoms with van der Waals surface area (Å²) in [5, 5.41) is -0.523. The van der Waals surface area contributed by atoms with Gasteiger partial charge in [0.15, 0.2) is 0 Å². The van der Waals surface area contributed by atoms with E-state index in [9.17, 15) is 8.42 Å². The highest BCUT2D eigenvalue weighted by atomic mass is 32.2. The maximum Gasteiger partial charge on any atom is 0.244 e. The Balaban J connectivity index is 3.52. The first-order valence-corrected chi connectivity index (χ1v) is 6.67. The number of rotatable bonds is 2. The van der Waals surface area contributed by atoms with Crippen molar-refractivity contribution in [1.29, 1.82) is 0 Å². The first-order valence-electron chi connectivity index (χ1n) is 5.16. The van der Waals surface area contributed by atoms with Crippen molar-refractivity contribution in [2.24, 2.45) is 0 Å². The van der Waals surface area contributed by atoms with Gasteiger partial charge < -0.3 is 5.73 Å². The van der Waals surface area contributed by atoms with E-state index >= 15 is 0 Å². The summed E-state index contributed by atoms with van der Waals surface area (Å²) in [5.41, 5.74) is 5.32. The van der Waals surface area contributed by atoms with Crippen LogP contribution < -0.4 is 5.73 Å². The first kappa shape index (κ1) is 13.0. The molecule has 0 amide bonds. The number of imidazole rings is 1. The number of aromatic nitrogens is 2. The number of hydrogen-bond acceptors (Lipinski definition) is 4. The van der Waals surface area contributed by atoms with Gasteiger partial charge in [0.1, 0.15) is 11.6 Å². The highest BCUT2D eigenvalue weighted by Crippen LogP contribution is 2.26. The van der Waals surface area contributed by atoms with Gasteiger partial charge in [-0.25, -0.2) is 17.4 Å². The average molecular weight is 245 g/mol. The monoisotopic (exact) mass is 245 g/mol. The van der Waals surface area contributed by atoms with Gasteiger partial charge in [0.05, 0.1) is 11.4 Å². The topological polar surface area (TPSA) is 78.0 Å². The molecular weight excluding hydrogens is 226 g/mol. The minimum Gasteiger partial charge on any atom is -0.383 e. The lowest BCUT2D eigenvalue weighted by Gasteiger charge is -2.21. The molecule has 0 radical (unpaired) electrons. The van der Waals surface area contributed by atoms with Crippen LogP contribution in [-0.4, -0.2) is 22.6 Å². The minimum atomic E-state index is -3.45. The Morgan fingerprint density at radius 3 is 2.25 bits per heavy atom. The Morgan fingerprint density at radius 1 is 1.38 bits per heavy atom. The van der Waals surface area contributed by atoms with E-state index in [0.717, 1.165) is 3.97 Å². The molecule has 0 atom stereocenters. The van der Waals surface area contributed by atoms with Crippen LogP contribution in [0.4, 0.5) is 5.82 Å². The molecule has 0 saturated heterocycles. The zero-order valence-corrected chi connectivity index (χ0v) is 11.2. The summed E-state index contributed by atoms with van der Waals surface area (Å²) in [6, 6.07) is 0. The number of nitrogens with zero attached hydrogens (tertiary/aromatic N) is 2. The lowest BCUT2D eigenvalue weighted by Crippen LogP contribution is -2.29. The standard InChI is InChI=1S/C10H19N3O2S/c1-7(2)16(14,15)13-8(11)6-12-9(13)10(3,4)5/h6-7H,11H2,1-5H3. The van der Waals surface area contributed by atoms with E-state index in [-0.39, 0.29) is 11.2 Å². The minimum absolute atomic E-state index is 0.165. The summed E-state index contributed by atoms with van der Waals surface area (Å²) in [6.07, 6.45) is 1.39. The molecule has 0 unspecified atom stereocenters. The fraction of sp³-hybridized carbons (Fsp3) is 0.700. The van der Waals surface area contributed by atoms with Crippen LogP contribution in [0.3, 0.4) is 0 Å². The lowest BCUT2D eigenvalue weighted by atomic mass is 9.96. The second-order valence-electron chi connectivity index (χ2n) is 5.11. The van der Waals surface area contributed by atoms with Crippen molar-refractivity contribution < 1.29 is 8.42 Å². The van der Waals surface area contributed by atoms with Crippen molar-refractivity contribution in [3.05, 3.63) is 12.0 Å². The normalized spacial score (nSPS) is 13.4. The van der Waals surface area contributed by atoms with Crippen molar-refractivity contribution in [3.8, 4) is 0 Å². The SMILES string of the molecule is CC(C)S(=O)(=O)n1c(N)cnc1C(C)(C)C. The van der Waals surface area contributed by atoms with E-state index in [1.165, 1.54) is 6.20 Å². The number of anilines is 1. The van der Waals surface area contributed by atoms with E-state index < -0.39 is 15.3 Å². The Bertz CT molecular complexity index is 481. The molecule has 0 saturated carbocycles. The van der Waals surface area contributed by atoms with Crippen LogP contribution in [0.25, 0.3) is 0 Å². The van der Waals surface area contributed by atoms with Gasteiger partial charge in [-0.15, -0.1) is 0 Å². The molecule has 1 rings (SSSR count). The first-order chi connectivity index (χ1) is 7.08. The molecule has 0 fully saturated rings. The van der Waals surface area contributed by atoms with Gasteiger partial charge in [0.2, 0.25) is 10.0 Å². The maximum absolute atomic E-state index is 12.1. The van der Waals surface area contributed by atoms with E-state index in [2.05, 4.69) is 4.98 Å². The van der Waals surface area contributed by atoms with Crippen molar-refractivity contribution >= 4 is 15.8 Å². The van der Waals surface area contributed by atoms with E-state index in [4.69, 9.17) is 5.73 Å². The van der Waals surface area contributed by atoms with Crippen LogP contribution in [0.15, 0.2) is 6.20 Å². The molecule has 1 aromatic rings. The Kier molecular flexibility index (Phi) is 3.06. The van der Waals surface area contributed by atoms with Crippen LogP contribution in [0.2, 0.25) is 0 Å². The molecule has 0 spiro atoms. The van der Waals surface area contributed by atoms with Crippen LogP contribution in [0.1, 0.15) is 40.4 Å². The summed E-state index contributed by atoms with van der Waals surface area (Å²) < 4.78 is 25.4. The van der Waals surface area contributed by atoms with Crippen molar-refractivity contribution in [2.75, 3.05) is 5.73 Å². The van der Waals surface area contributed by atoms with Gasteiger partial charge in [0, 0.05) is 5.41 Å². The fourth-order valence-electron chi connectivity index (χ4n) is 1.33. The summed E-state index contributed by atoms with van der Waals surface area (Å²) >= 11 is 0. The van der Waals surface area contributed by atoms with Gasteiger partial charge in [-0.3, -0.25) is 0 Å². The van der Waals surface area contributed by atoms with Crippen LogP contribution in [0, 0.1) is 0 Å². The molecule has 0 aromatic carbocycles. The van der Waals surface area contributed by atoms with E-state index in [1.54, 1.807) is 13.8 Å². The molecule has 92 valence electrons. The van der Waals surface area contributed by atoms with E-state index in [1.807, 2.05) is 20.8 Å². The third-order valence-corrected chi connectivity index (χ3v) is 4.35. The second kappa shape index (κ2) is 3.76. The van der Waals surface area contributed by atoms with Crippen molar-refractivity contribution in [2.45, 2.75) is 45.3 Å². The highest BCUT2D eigenvalue weighted by molar-refractivity contribution is 7.90. The third kappa shape index (κ3) is 2.07. The number of nitrogens with two attached hydrogens (primary N) is 1. The number of hydrogen-bond donors (Lipinski definition) is 1. The Labute approximate surface area is 96.7 Å². The quantitative estimate of drug-likeness (QED) is 0.853. The van der Waals surface area contributed by atoms with Crippen molar-refractivity contribution in [3.63, 3.8) is 0 Å². The molecule has 2 N–H and O–H groups in total. The van der Waals surface area contributed by atoms with Crippen LogP contribution in [-0.2, 0) is 15.4 Å². The molecule has 5 nitrogen and oxygen atoms in total. The summed E-state index contributed by atoms with van der Waals surface area (Å²) in [4.78, 5) is 4.09. The maximum atomic E-state index is 12.1. The molecule has 0 bridgehead atoms. The molecule has 0 aliphatic carbocycles. The molecule has 0 aliphatic heterocycles. The number of nitrogen functional groups attached to an aromatic ring is 1. The predicted molar refractivity (Wildman–Crippen MR) is 64.8 cm³/mol. The molecule has 1 aromatic heterocycles. The van der Waals surface area contributed by atoms with Gasteiger partial charge in [-0.1, -0.05) is 20.8 Å². The lowest BCUT2D eigenvalue weighted by molar-refractivity contribution is 0.527. The highest BCUT2D eigenvalue weighted by Gasteiger charge is 2.30. The van der Waals surface area contributed by atoms with Gasteiger partial charge >= 0.3 is 0 Å². The molecule has 1 heterocycles. The van der Waals surface area contributed by atoms with Crippen LogP contribution in [0.5, 0.6) is 0 Å². The summed E-state index contributed by atoms with van der Waals surface area (Å²) in [6.45, 7) is 8.96. The van der Waals surface area contributed by atoms with Gasteiger partial charge in [-0.05, 0) is 13.8 Å². The van der Waals surface area contributed by atoms with Gasteiger partial charge in [-0.2, -0.15) is 0 Å². The van der Waals surface area contributed by atoms with Crippen molar-refractivity contribution in [1.82, 2.24) is 8.96 Å². The summed E-state index contributed by atoms with van der Waals surface area (Å²) in [5.74, 6) is 0.636. The Morgan fingerprint density at radius 2 is 1.88 bits per heavy atom.